The van der Waals surface area contributed by atoms with E-state index in [9.17, 15) is 9.59 Å². The van der Waals surface area contributed by atoms with E-state index in [2.05, 4.69) is 0 Å². The van der Waals surface area contributed by atoms with Crippen LogP contribution in [0.5, 0.6) is 0 Å². The molecular formula is C11H19NO4. The van der Waals surface area contributed by atoms with Crippen LogP contribution in [0, 0.1) is 0 Å². The van der Waals surface area contributed by atoms with Crippen molar-refractivity contribution in [1.82, 2.24) is 4.90 Å². The molecule has 0 aromatic carbocycles. The number of nitrogens with zero attached hydrogens (tertiary/aromatic N) is 1. The minimum Gasteiger partial charge on any atom is -0.480 e. The van der Waals surface area contributed by atoms with Crippen molar-refractivity contribution in [2.75, 3.05) is 13.7 Å². The highest BCUT2D eigenvalue weighted by Crippen LogP contribution is 2.29. The number of carbonyl (C=O) groups is 2. The second-order valence-electron chi connectivity index (χ2n) is 4.14. The number of hydrogen-bond acceptors (Lipinski definition) is 3. The van der Waals surface area contributed by atoms with E-state index in [1.54, 1.807) is 14.0 Å². The first-order valence-corrected chi connectivity index (χ1v) is 5.60. The van der Waals surface area contributed by atoms with Crippen LogP contribution >= 0.6 is 0 Å². The third kappa shape index (κ3) is 3.48. The van der Waals surface area contributed by atoms with Crippen molar-refractivity contribution in [2.24, 2.45) is 0 Å². The number of ether oxygens (including phenoxy) is 1. The summed E-state index contributed by atoms with van der Waals surface area (Å²) in [5, 5.41) is 8.93. The van der Waals surface area contributed by atoms with E-state index >= 15 is 0 Å². The van der Waals surface area contributed by atoms with E-state index in [0.717, 1.165) is 12.8 Å². The molecule has 1 fully saturated rings. The Bertz CT molecular complexity index is 263. The third-order valence-corrected chi connectivity index (χ3v) is 2.74. The smallest absolute Gasteiger partial charge is 0.326 e. The Hall–Kier alpha value is -1.10. The molecule has 1 amide bonds. The van der Waals surface area contributed by atoms with Crippen molar-refractivity contribution in [2.45, 2.75) is 44.7 Å². The van der Waals surface area contributed by atoms with Crippen LogP contribution in [0.25, 0.3) is 0 Å². The molecule has 0 aliphatic heterocycles. The summed E-state index contributed by atoms with van der Waals surface area (Å²) in [6.45, 7) is 2.10. The molecule has 1 aliphatic carbocycles. The summed E-state index contributed by atoms with van der Waals surface area (Å²) in [7, 11) is 1.59. The lowest BCUT2D eigenvalue weighted by Gasteiger charge is -2.26. The molecule has 0 saturated heterocycles. The largest absolute Gasteiger partial charge is 0.480 e. The van der Waals surface area contributed by atoms with Gasteiger partial charge in [-0.3, -0.25) is 4.79 Å². The first-order chi connectivity index (χ1) is 7.57. The van der Waals surface area contributed by atoms with Crippen molar-refractivity contribution in [3.63, 3.8) is 0 Å². The van der Waals surface area contributed by atoms with E-state index in [4.69, 9.17) is 9.84 Å². The second kappa shape index (κ2) is 5.84. The molecule has 16 heavy (non-hydrogen) atoms. The van der Waals surface area contributed by atoms with Gasteiger partial charge in [-0.15, -0.1) is 0 Å². The first kappa shape index (κ1) is 13.0. The average Bonchev–Trinajstić information content (AvgIpc) is 3.02. The molecule has 0 spiro atoms. The van der Waals surface area contributed by atoms with Gasteiger partial charge in [-0.2, -0.15) is 0 Å². The van der Waals surface area contributed by atoms with Gasteiger partial charge in [0.15, 0.2) is 0 Å². The fraction of sp³-hybridized carbons (Fsp3) is 0.818. The maximum absolute atomic E-state index is 11.9. The lowest BCUT2D eigenvalue weighted by atomic mass is 10.2. The van der Waals surface area contributed by atoms with Crippen LogP contribution in [-0.4, -0.2) is 47.7 Å². The lowest BCUT2D eigenvalue weighted by molar-refractivity contribution is -0.150. The molecule has 5 heteroatoms. The zero-order valence-corrected chi connectivity index (χ0v) is 9.81. The fourth-order valence-corrected chi connectivity index (χ4v) is 1.70. The Morgan fingerprint density at radius 3 is 2.56 bits per heavy atom. The zero-order chi connectivity index (χ0) is 12.1. The minimum absolute atomic E-state index is 0.0746. The van der Waals surface area contributed by atoms with Gasteiger partial charge in [0.2, 0.25) is 5.91 Å². The van der Waals surface area contributed by atoms with Gasteiger partial charge >= 0.3 is 5.97 Å². The van der Waals surface area contributed by atoms with Gasteiger partial charge in [-0.1, -0.05) is 0 Å². The number of carboxylic acids is 1. The van der Waals surface area contributed by atoms with E-state index in [-0.39, 0.29) is 11.9 Å². The first-order valence-electron chi connectivity index (χ1n) is 5.60. The summed E-state index contributed by atoms with van der Waals surface area (Å²) in [6.07, 6.45) is 2.86. The van der Waals surface area contributed by atoms with Gasteiger partial charge in [0.1, 0.15) is 6.04 Å². The number of aliphatic carboxylic acids is 1. The van der Waals surface area contributed by atoms with E-state index < -0.39 is 12.0 Å². The van der Waals surface area contributed by atoms with Crippen LogP contribution in [0.3, 0.4) is 0 Å². The van der Waals surface area contributed by atoms with Gasteiger partial charge < -0.3 is 14.7 Å². The van der Waals surface area contributed by atoms with Gasteiger partial charge in [0, 0.05) is 26.2 Å². The van der Waals surface area contributed by atoms with E-state index in [1.807, 2.05) is 0 Å². The molecule has 0 aromatic heterocycles. The number of carboxylic acid groups (broad SMARTS) is 1. The molecule has 5 nitrogen and oxygen atoms in total. The molecule has 0 radical (unpaired) electrons. The summed E-state index contributed by atoms with van der Waals surface area (Å²) in [6, 6.07) is -0.580. The Balaban J connectivity index is 2.49. The number of carbonyl (C=O) groups excluding carboxylic acids is 1. The maximum Gasteiger partial charge on any atom is 0.326 e. The van der Waals surface area contributed by atoms with Gasteiger partial charge in [0.05, 0.1) is 0 Å². The molecule has 1 atom stereocenters. The average molecular weight is 229 g/mol. The highest BCUT2D eigenvalue weighted by molar-refractivity contribution is 5.83. The Kier molecular flexibility index (Phi) is 4.73. The van der Waals surface area contributed by atoms with Crippen molar-refractivity contribution < 1.29 is 19.4 Å². The molecule has 1 saturated carbocycles. The number of hydrogen-bond donors (Lipinski definition) is 1. The van der Waals surface area contributed by atoms with Crippen LogP contribution in [0.15, 0.2) is 0 Å². The summed E-state index contributed by atoms with van der Waals surface area (Å²) >= 11 is 0. The lowest BCUT2D eigenvalue weighted by Crippen LogP contribution is -2.44. The van der Waals surface area contributed by atoms with Crippen LogP contribution < -0.4 is 0 Å². The number of amides is 1. The summed E-state index contributed by atoms with van der Waals surface area (Å²) in [5.41, 5.74) is 0. The van der Waals surface area contributed by atoms with Crippen LogP contribution in [0.2, 0.25) is 0 Å². The second-order valence-corrected chi connectivity index (χ2v) is 4.14. The minimum atomic E-state index is -0.938. The van der Waals surface area contributed by atoms with Gasteiger partial charge in [-0.05, 0) is 26.2 Å². The highest BCUT2D eigenvalue weighted by atomic mass is 16.5. The molecule has 92 valence electrons. The Morgan fingerprint density at radius 1 is 1.50 bits per heavy atom. The fourth-order valence-electron chi connectivity index (χ4n) is 1.70. The molecule has 1 aliphatic rings. The van der Waals surface area contributed by atoms with Crippen molar-refractivity contribution in [3.05, 3.63) is 0 Å². The number of rotatable bonds is 7. The normalized spacial score (nSPS) is 16.9. The van der Waals surface area contributed by atoms with E-state index in [1.165, 1.54) is 4.90 Å². The molecule has 0 aromatic rings. The SMILES string of the molecule is COCCCC(=O)N(C1CC1)C(C)C(=O)O. The quantitative estimate of drug-likeness (QED) is 0.658. The molecule has 0 heterocycles. The maximum atomic E-state index is 11.9. The van der Waals surface area contributed by atoms with E-state index in [0.29, 0.717) is 19.4 Å². The van der Waals surface area contributed by atoms with Gasteiger partial charge in [0.25, 0.3) is 0 Å². The number of methoxy groups -OCH3 is 1. The monoisotopic (exact) mass is 229 g/mol. The molecule has 1 N–H and O–H groups in total. The Labute approximate surface area is 95.4 Å². The Morgan fingerprint density at radius 2 is 2.12 bits per heavy atom. The summed E-state index contributed by atoms with van der Waals surface area (Å²) < 4.78 is 4.87. The predicted octanol–water partition coefficient (Wildman–Crippen LogP) is 0.877. The zero-order valence-electron chi connectivity index (χ0n) is 9.81. The van der Waals surface area contributed by atoms with Crippen LogP contribution in [0.4, 0.5) is 0 Å². The van der Waals surface area contributed by atoms with Gasteiger partial charge in [-0.25, -0.2) is 4.79 Å². The standard InChI is InChI=1S/C11H19NO4/c1-8(11(14)15)12(9-5-6-9)10(13)4-3-7-16-2/h8-9H,3-7H2,1-2H3,(H,14,15). The third-order valence-electron chi connectivity index (χ3n) is 2.74. The summed E-state index contributed by atoms with van der Waals surface area (Å²) in [4.78, 5) is 24.3. The van der Waals surface area contributed by atoms with Crippen molar-refractivity contribution >= 4 is 11.9 Å². The molecule has 1 unspecified atom stereocenters. The molecule has 0 bridgehead atoms. The van der Waals surface area contributed by atoms with Crippen molar-refractivity contribution in [3.8, 4) is 0 Å². The topological polar surface area (TPSA) is 66.8 Å². The highest BCUT2D eigenvalue weighted by Gasteiger charge is 2.37. The van der Waals surface area contributed by atoms with Crippen LogP contribution in [0.1, 0.15) is 32.6 Å². The summed E-state index contributed by atoms with van der Waals surface area (Å²) in [5.74, 6) is -1.01. The predicted molar refractivity (Wildman–Crippen MR) is 58.1 cm³/mol. The van der Waals surface area contributed by atoms with Crippen LogP contribution in [-0.2, 0) is 14.3 Å². The molecular weight excluding hydrogens is 210 g/mol. The van der Waals surface area contributed by atoms with Crippen molar-refractivity contribution in [1.29, 1.82) is 0 Å². The molecule has 1 rings (SSSR count).